The lowest BCUT2D eigenvalue weighted by atomic mass is 10.3. The molecule has 0 aliphatic rings. The molecule has 16 heavy (non-hydrogen) atoms. The van der Waals surface area contributed by atoms with Gasteiger partial charge in [-0.05, 0) is 26.0 Å². The normalized spacial score (nSPS) is 12.4. The van der Waals surface area contributed by atoms with Crippen molar-refractivity contribution in [1.29, 1.82) is 0 Å². The number of nitrogens with one attached hydrogen (secondary N) is 1. The number of rotatable bonds is 3. The molecule has 0 spiro atoms. The molecule has 0 saturated carbocycles. The van der Waals surface area contributed by atoms with Crippen molar-refractivity contribution in [2.75, 3.05) is 5.32 Å². The molecule has 1 N–H and O–H groups in total. The minimum Gasteiger partial charge on any atom is -0.360 e. The maximum absolute atomic E-state index is 5.66. The summed E-state index contributed by atoms with van der Waals surface area (Å²) in [5.74, 6) is 0.699. The highest BCUT2D eigenvalue weighted by atomic mass is 35.5. The van der Waals surface area contributed by atoms with Crippen molar-refractivity contribution in [2.45, 2.75) is 19.9 Å². The van der Waals surface area contributed by atoms with Gasteiger partial charge in [-0.2, -0.15) is 0 Å². The zero-order chi connectivity index (χ0) is 11.5. The lowest BCUT2D eigenvalue weighted by molar-refractivity contribution is 0.844. The number of aryl methyl sites for hydroxylation is 1. The van der Waals surface area contributed by atoms with Gasteiger partial charge in [0.25, 0.3) is 0 Å². The Morgan fingerprint density at radius 1 is 1.38 bits per heavy atom. The number of thiazole rings is 1. The van der Waals surface area contributed by atoms with Gasteiger partial charge < -0.3 is 5.32 Å². The maximum atomic E-state index is 5.66. The van der Waals surface area contributed by atoms with E-state index in [1.165, 1.54) is 0 Å². The number of nitrogens with zero attached hydrogens (tertiary/aromatic N) is 3. The summed E-state index contributed by atoms with van der Waals surface area (Å²) in [6, 6.07) is 3.62. The molecule has 1 atom stereocenters. The summed E-state index contributed by atoms with van der Waals surface area (Å²) in [5.41, 5.74) is 1.04. The molecule has 2 heterocycles. The Bertz CT molecular complexity index is 468. The average molecular weight is 255 g/mol. The summed E-state index contributed by atoms with van der Waals surface area (Å²) in [6.07, 6.45) is 0. The van der Waals surface area contributed by atoms with Gasteiger partial charge in [0.05, 0.1) is 6.04 Å². The third-order valence-corrected chi connectivity index (χ3v) is 3.35. The van der Waals surface area contributed by atoms with E-state index in [-0.39, 0.29) is 6.04 Å². The van der Waals surface area contributed by atoms with E-state index < -0.39 is 0 Å². The van der Waals surface area contributed by atoms with Crippen LogP contribution in [-0.2, 0) is 0 Å². The molecular weight excluding hydrogens is 244 g/mol. The van der Waals surface area contributed by atoms with Gasteiger partial charge in [0.15, 0.2) is 5.15 Å². The number of anilines is 1. The predicted octanol–water partition coefficient (Wildman–Crippen LogP) is 3.07. The zero-order valence-corrected chi connectivity index (χ0v) is 10.5. The Kier molecular flexibility index (Phi) is 3.36. The first kappa shape index (κ1) is 11.3. The highest BCUT2D eigenvalue weighted by molar-refractivity contribution is 7.09. The van der Waals surface area contributed by atoms with Crippen LogP contribution in [0.3, 0.4) is 0 Å². The molecule has 6 heteroatoms. The molecule has 84 valence electrons. The third kappa shape index (κ3) is 2.68. The van der Waals surface area contributed by atoms with Crippen LogP contribution in [-0.4, -0.2) is 15.2 Å². The second kappa shape index (κ2) is 4.76. The SMILES string of the molecule is Cc1csc(C(C)Nc2ccc(Cl)nn2)n1. The standard InChI is InChI=1S/C10H11ClN4S/c1-6-5-16-10(12-6)7(2)13-9-4-3-8(11)14-15-9/h3-5,7H,1-2H3,(H,13,15). The van der Waals surface area contributed by atoms with Crippen LogP contribution in [0.15, 0.2) is 17.5 Å². The van der Waals surface area contributed by atoms with Crippen LogP contribution in [0.1, 0.15) is 23.7 Å². The lowest BCUT2D eigenvalue weighted by Crippen LogP contribution is -2.08. The fraction of sp³-hybridized carbons (Fsp3) is 0.300. The van der Waals surface area contributed by atoms with Crippen molar-refractivity contribution in [1.82, 2.24) is 15.2 Å². The largest absolute Gasteiger partial charge is 0.360 e. The van der Waals surface area contributed by atoms with Crippen LogP contribution in [0, 0.1) is 6.92 Å². The van der Waals surface area contributed by atoms with E-state index in [9.17, 15) is 0 Å². The van der Waals surface area contributed by atoms with Gasteiger partial charge in [-0.15, -0.1) is 21.5 Å². The summed E-state index contributed by atoms with van der Waals surface area (Å²) in [4.78, 5) is 4.41. The van der Waals surface area contributed by atoms with Gasteiger partial charge in [0, 0.05) is 11.1 Å². The molecule has 0 bridgehead atoms. The van der Waals surface area contributed by atoms with Crippen molar-refractivity contribution in [3.63, 3.8) is 0 Å². The highest BCUT2D eigenvalue weighted by Crippen LogP contribution is 2.21. The van der Waals surface area contributed by atoms with Gasteiger partial charge in [0.2, 0.25) is 0 Å². The van der Waals surface area contributed by atoms with Crippen LogP contribution in [0.4, 0.5) is 5.82 Å². The van der Waals surface area contributed by atoms with E-state index in [1.807, 2.05) is 19.2 Å². The summed E-state index contributed by atoms with van der Waals surface area (Å²) in [7, 11) is 0. The van der Waals surface area contributed by atoms with Crippen LogP contribution < -0.4 is 5.32 Å². The van der Waals surface area contributed by atoms with Crippen molar-refractivity contribution in [3.8, 4) is 0 Å². The van der Waals surface area contributed by atoms with Crippen LogP contribution >= 0.6 is 22.9 Å². The first-order valence-electron chi connectivity index (χ1n) is 4.83. The molecule has 0 aliphatic heterocycles. The molecule has 4 nitrogen and oxygen atoms in total. The smallest absolute Gasteiger partial charge is 0.151 e. The first-order chi connectivity index (χ1) is 7.65. The molecular formula is C10H11ClN4S. The number of hydrogen-bond acceptors (Lipinski definition) is 5. The average Bonchev–Trinajstić information content (AvgIpc) is 2.68. The second-order valence-electron chi connectivity index (χ2n) is 3.43. The van der Waals surface area contributed by atoms with Crippen molar-refractivity contribution in [3.05, 3.63) is 33.4 Å². The van der Waals surface area contributed by atoms with Gasteiger partial charge in [0.1, 0.15) is 10.8 Å². The molecule has 0 amide bonds. The lowest BCUT2D eigenvalue weighted by Gasteiger charge is -2.10. The van der Waals surface area contributed by atoms with E-state index in [0.29, 0.717) is 11.0 Å². The minimum absolute atomic E-state index is 0.120. The summed E-state index contributed by atoms with van der Waals surface area (Å²) in [6.45, 7) is 4.02. The van der Waals surface area contributed by atoms with Crippen molar-refractivity contribution < 1.29 is 0 Å². The fourth-order valence-electron chi connectivity index (χ4n) is 1.25. The first-order valence-corrected chi connectivity index (χ1v) is 6.08. The van der Waals surface area contributed by atoms with Crippen LogP contribution in [0.25, 0.3) is 0 Å². The minimum atomic E-state index is 0.120. The van der Waals surface area contributed by atoms with Gasteiger partial charge in [-0.3, -0.25) is 0 Å². The van der Waals surface area contributed by atoms with E-state index in [2.05, 4.69) is 20.5 Å². The Morgan fingerprint density at radius 2 is 2.19 bits per heavy atom. The molecule has 0 radical (unpaired) electrons. The number of aromatic nitrogens is 3. The topological polar surface area (TPSA) is 50.7 Å². The Morgan fingerprint density at radius 3 is 2.75 bits per heavy atom. The molecule has 0 saturated heterocycles. The quantitative estimate of drug-likeness (QED) is 0.915. The Hall–Kier alpha value is -1.20. The number of halogens is 1. The maximum Gasteiger partial charge on any atom is 0.151 e. The molecule has 1 unspecified atom stereocenters. The van der Waals surface area contributed by atoms with Crippen molar-refractivity contribution >= 4 is 28.8 Å². The second-order valence-corrected chi connectivity index (χ2v) is 4.71. The monoisotopic (exact) mass is 254 g/mol. The van der Waals surface area contributed by atoms with Gasteiger partial charge in [-0.1, -0.05) is 11.6 Å². The molecule has 0 aliphatic carbocycles. The molecule has 2 aromatic heterocycles. The van der Waals surface area contributed by atoms with Gasteiger partial charge in [-0.25, -0.2) is 4.98 Å². The number of hydrogen-bond donors (Lipinski definition) is 1. The highest BCUT2D eigenvalue weighted by Gasteiger charge is 2.09. The zero-order valence-electron chi connectivity index (χ0n) is 8.94. The third-order valence-electron chi connectivity index (χ3n) is 2.00. The fourth-order valence-corrected chi connectivity index (χ4v) is 2.15. The molecule has 0 fully saturated rings. The summed E-state index contributed by atoms with van der Waals surface area (Å²) < 4.78 is 0. The summed E-state index contributed by atoms with van der Waals surface area (Å²) in [5, 5.41) is 14.4. The Labute approximate surface area is 103 Å². The van der Waals surface area contributed by atoms with E-state index in [0.717, 1.165) is 10.7 Å². The Balaban J connectivity index is 2.07. The van der Waals surface area contributed by atoms with E-state index in [4.69, 9.17) is 11.6 Å². The van der Waals surface area contributed by atoms with Crippen molar-refractivity contribution in [2.24, 2.45) is 0 Å². The van der Waals surface area contributed by atoms with E-state index in [1.54, 1.807) is 23.5 Å². The molecule has 0 aromatic carbocycles. The van der Waals surface area contributed by atoms with Crippen LogP contribution in [0.2, 0.25) is 5.15 Å². The predicted molar refractivity (Wildman–Crippen MR) is 65.9 cm³/mol. The van der Waals surface area contributed by atoms with E-state index >= 15 is 0 Å². The summed E-state index contributed by atoms with van der Waals surface area (Å²) >= 11 is 7.29. The molecule has 2 aromatic rings. The van der Waals surface area contributed by atoms with Gasteiger partial charge >= 0.3 is 0 Å². The van der Waals surface area contributed by atoms with Crippen LogP contribution in [0.5, 0.6) is 0 Å². The molecule has 2 rings (SSSR count).